The minimum absolute atomic E-state index is 0.0421. The minimum atomic E-state index is -0.0421. The lowest BCUT2D eigenvalue weighted by Gasteiger charge is -2.36. The first kappa shape index (κ1) is 17.9. The molecule has 26 heavy (non-hydrogen) atoms. The van der Waals surface area contributed by atoms with Crippen LogP contribution in [0.15, 0.2) is 48.5 Å². The van der Waals surface area contributed by atoms with Gasteiger partial charge >= 0.3 is 6.03 Å². The Morgan fingerprint density at radius 2 is 1.58 bits per heavy atom. The monoisotopic (exact) mass is 355 g/mol. The molecule has 2 aromatic carbocycles. The van der Waals surface area contributed by atoms with Gasteiger partial charge in [-0.1, -0.05) is 18.2 Å². The van der Waals surface area contributed by atoms with E-state index in [9.17, 15) is 4.79 Å². The van der Waals surface area contributed by atoms with Crippen LogP contribution in [0, 0.1) is 0 Å². The van der Waals surface area contributed by atoms with Crippen molar-refractivity contribution < 1.29 is 14.3 Å². The second-order valence-corrected chi connectivity index (χ2v) is 6.19. The lowest BCUT2D eigenvalue weighted by molar-refractivity contribution is 0.194. The molecule has 3 rings (SSSR count). The Kier molecular flexibility index (Phi) is 5.84. The summed E-state index contributed by atoms with van der Waals surface area (Å²) in [5.41, 5.74) is 2.15. The predicted molar refractivity (Wildman–Crippen MR) is 102 cm³/mol. The average molecular weight is 355 g/mol. The van der Waals surface area contributed by atoms with Crippen LogP contribution in [0.3, 0.4) is 0 Å². The summed E-state index contributed by atoms with van der Waals surface area (Å²) in [6, 6.07) is 15.9. The molecule has 2 amide bonds. The number of benzene rings is 2. The summed E-state index contributed by atoms with van der Waals surface area (Å²) >= 11 is 0. The number of methoxy groups -OCH3 is 2. The molecular formula is C20H25N3O3. The van der Waals surface area contributed by atoms with Crippen LogP contribution in [0.5, 0.6) is 11.5 Å². The molecule has 6 nitrogen and oxygen atoms in total. The maximum absolute atomic E-state index is 12.5. The average Bonchev–Trinajstić information content (AvgIpc) is 2.72. The molecule has 0 radical (unpaired) electrons. The number of hydrogen-bond acceptors (Lipinski definition) is 4. The Morgan fingerprint density at radius 3 is 2.15 bits per heavy atom. The van der Waals surface area contributed by atoms with Crippen LogP contribution < -0.4 is 19.7 Å². The third-order valence-electron chi connectivity index (χ3n) is 4.54. The number of nitrogens with zero attached hydrogens (tertiary/aromatic N) is 2. The molecule has 0 saturated carbocycles. The van der Waals surface area contributed by atoms with Crippen molar-refractivity contribution in [3.8, 4) is 11.5 Å². The molecule has 6 heteroatoms. The van der Waals surface area contributed by atoms with Gasteiger partial charge in [0.15, 0.2) is 0 Å². The SMILES string of the molecule is COc1cc(CNC(=O)N2CCN(c3ccccc3)CC2)cc(OC)c1. The number of carbonyl (C=O) groups excluding carboxylic acids is 1. The number of carbonyl (C=O) groups is 1. The van der Waals surface area contributed by atoms with E-state index in [1.54, 1.807) is 14.2 Å². The Hall–Kier alpha value is -2.89. The van der Waals surface area contributed by atoms with Crippen molar-refractivity contribution in [1.82, 2.24) is 10.2 Å². The van der Waals surface area contributed by atoms with E-state index in [0.29, 0.717) is 31.1 Å². The third-order valence-corrected chi connectivity index (χ3v) is 4.54. The molecule has 138 valence electrons. The van der Waals surface area contributed by atoms with Crippen molar-refractivity contribution in [2.45, 2.75) is 6.54 Å². The van der Waals surface area contributed by atoms with Crippen LogP contribution in [-0.2, 0) is 6.54 Å². The fraction of sp³-hybridized carbons (Fsp3) is 0.350. The smallest absolute Gasteiger partial charge is 0.317 e. The van der Waals surface area contributed by atoms with E-state index in [1.807, 2.05) is 41.3 Å². The Labute approximate surface area is 154 Å². The van der Waals surface area contributed by atoms with E-state index in [2.05, 4.69) is 22.3 Å². The van der Waals surface area contributed by atoms with Crippen LogP contribution in [0.4, 0.5) is 10.5 Å². The molecule has 0 atom stereocenters. The topological polar surface area (TPSA) is 54.0 Å². The summed E-state index contributed by atoms with van der Waals surface area (Å²) in [6.45, 7) is 3.53. The number of nitrogens with one attached hydrogen (secondary N) is 1. The first-order chi connectivity index (χ1) is 12.7. The van der Waals surface area contributed by atoms with Gasteiger partial charge in [-0.2, -0.15) is 0 Å². The summed E-state index contributed by atoms with van der Waals surface area (Å²) < 4.78 is 10.5. The van der Waals surface area contributed by atoms with Gasteiger partial charge in [0.25, 0.3) is 0 Å². The van der Waals surface area contributed by atoms with E-state index in [-0.39, 0.29) is 6.03 Å². The number of urea groups is 1. The summed E-state index contributed by atoms with van der Waals surface area (Å²) in [5, 5.41) is 2.98. The van der Waals surface area contributed by atoms with E-state index in [1.165, 1.54) is 5.69 Å². The van der Waals surface area contributed by atoms with Gasteiger partial charge in [0, 0.05) is 44.5 Å². The number of hydrogen-bond donors (Lipinski definition) is 1. The van der Waals surface area contributed by atoms with E-state index in [0.717, 1.165) is 18.7 Å². The maximum Gasteiger partial charge on any atom is 0.317 e. The van der Waals surface area contributed by atoms with Crippen molar-refractivity contribution in [2.24, 2.45) is 0 Å². The third kappa shape index (κ3) is 4.39. The van der Waals surface area contributed by atoms with Crippen LogP contribution in [0.25, 0.3) is 0 Å². The number of anilines is 1. The number of rotatable bonds is 5. The normalized spacial score (nSPS) is 14.1. The van der Waals surface area contributed by atoms with E-state index >= 15 is 0 Å². The first-order valence-corrected chi connectivity index (χ1v) is 8.74. The molecule has 0 bridgehead atoms. The number of ether oxygens (including phenoxy) is 2. The highest BCUT2D eigenvalue weighted by atomic mass is 16.5. The highest BCUT2D eigenvalue weighted by Crippen LogP contribution is 2.22. The molecule has 1 aliphatic rings. The zero-order valence-corrected chi connectivity index (χ0v) is 15.3. The molecule has 1 aliphatic heterocycles. The largest absolute Gasteiger partial charge is 0.497 e. The van der Waals surface area contributed by atoms with Crippen LogP contribution in [-0.4, -0.2) is 51.3 Å². The van der Waals surface area contributed by atoms with Crippen LogP contribution in [0.1, 0.15) is 5.56 Å². The first-order valence-electron chi connectivity index (χ1n) is 8.74. The highest BCUT2D eigenvalue weighted by molar-refractivity contribution is 5.74. The fourth-order valence-electron chi connectivity index (χ4n) is 3.06. The minimum Gasteiger partial charge on any atom is -0.497 e. The van der Waals surface area contributed by atoms with Crippen LogP contribution >= 0.6 is 0 Å². The maximum atomic E-state index is 12.5. The van der Waals surface area contributed by atoms with E-state index < -0.39 is 0 Å². The van der Waals surface area contributed by atoms with Gasteiger partial charge in [-0.15, -0.1) is 0 Å². The van der Waals surface area contributed by atoms with Crippen LogP contribution in [0.2, 0.25) is 0 Å². The standard InChI is InChI=1S/C20H25N3O3/c1-25-18-12-16(13-19(14-18)26-2)15-21-20(24)23-10-8-22(9-11-23)17-6-4-3-5-7-17/h3-7,12-14H,8-11,15H2,1-2H3,(H,21,24). The predicted octanol–water partition coefficient (Wildman–Crippen LogP) is 2.74. The summed E-state index contributed by atoms with van der Waals surface area (Å²) in [6.07, 6.45) is 0. The highest BCUT2D eigenvalue weighted by Gasteiger charge is 2.21. The van der Waals surface area contributed by atoms with Crippen molar-refractivity contribution in [1.29, 1.82) is 0 Å². The molecule has 0 unspecified atom stereocenters. The molecule has 0 aliphatic carbocycles. The van der Waals surface area contributed by atoms with Crippen molar-refractivity contribution in [3.05, 3.63) is 54.1 Å². The van der Waals surface area contributed by atoms with Gasteiger partial charge in [-0.05, 0) is 29.8 Å². The quantitative estimate of drug-likeness (QED) is 0.896. The number of amides is 2. The summed E-state index contributed by atoms with van der Waals surface area (Å²) in [7, 11) is 3.23. The van der Waals surface area contributed by atoms with Gasteiger partial charge in [-0.25, -0.2) is 4.79 Å². The second-order valence-electron chi connectivity index (χ2n) is 6.19. The van der Waals surface area contributed by atoms with Gasteiger partial charge in [0.2, 0.25) is 0 Å². The number of para-hydroxylation sites is 1. The van der Waals surface area contributed by atoms with E-state index in [4.69, 9.17) is 9.47 Å². The molecule has 1 fully saturated rings. The summed E-state index contributed by atoms with van der Waals surface area (Å²) in [5.74, 6) is 1.43. The summed E-state index contributed by atoms with van der Waals surface area (Å²) in [4.78, 5) is 16.6. The van der Waals surface area contributed by atoms with Gasteiger partial charge in [0.05, 0.1) is 14.2 Å². The van der Waals surface area contributed by atoms with Crippen molar-refractivity contribution >= 4 is 11.7 Å². The molecule has 1 N–H and O–H groups in total. The Morgan fingerprint density at radius 1 is 0.962 bits per heavy atom. The second kappa shape index (κ2) is 8.47. The zero-order chi connectivity index (χ0) is 18.4. The molecule has 0 spiro atoms. The lowest BCUT2D eigenvalue weighted by Crippen LogP contribution is -2.51. The molecule has 2 aromatic rings. The Bertz CT molecular complexity index is 706. The fourth-order valence-corrected chi connectivity index (χ4v) is 3.06. The van der Waals surface area contributed by atoms with Gasteiger partial charge < -0.3 is 24.6 Å². The van der Waals surface area contributed by atoms with Gasteiger partial charge in [-0.3, -0.25) is 0 Å². The molecule has 0 aromatic heterocycles. The molecular weight excluding hydrogens is 330 g/mol. The zero-order valence-electron chi connectivity index (χ0n) is 15.3. The number of piperazine rings is 1. The molecule has 1 heterocycles. The Balaban J connectivity index is 1.52. The van der Waals surface area contributed by atoms with Crippen molar-refractivity contribution in [2.75, 3.05) is 45.3 Å². The van der Waals surface area contributed by atoms with Gasteiger partial charge in [0.1, 0.15) is 11.5 Å². The molecule has 1 saturated heterocycles. The lowest BCUT2D eigenvalue weighted by atomic mass is 10.2. The van der Waals surface area contributed by atoms with Crippen molar-refractivity contribution in [3.63, 3.8) is 0 Å².